The molecular formula is C14H22N2O3S. The van der Waals surface area contributed by atoms with E-state index >= 15 is 0 Å². The van der Waals surface area contributed by atoms with Gasteiger partial charge in [-0.25, -0.2) is 8.42 Å². The molecule has 6 heteroatoms. The minimum atomic E-state index is -3.45. The van der Waals surface area contributed by atoms with Crippen molar-refractivity contribution >= 4 is 10.0 Å². The summed E-state index contributed by atoms with van der Waals surface area (Å²) in [5.41, 5.74) is 0.804. The summed E-state index contributed by atoms with van der Waals surface area (Å²) in [6, 6.07) is 7.31. The largest absolute Gasteiger partial charge is 0.383 e. The Bertz CT molecular complexity index is 541. The zero-order valence-corrected chi connectivity index (χ0v) is 12.8. The van der Waals surface area contributed by atoms with Crippen molar-refractivity contribution in [3.8, 4) is 0 Å². The number of methoxy groups -OCH3 is 1. The fourth-order valence-corrected chi connectivity index (χ4v) is 4.15. The minimum Gasteiger partial charge on any atom is -0.383 e. The number of rotatable bonds is 8. The van der Waals surface area contributed by atoms with Crippen LogP contribution in [0.25, 0.3) is 0 Å². The molecule has 2 rings (SSSR count). The van der Waals surface area contributed by atoms with Gasteiger partial charge in [-0.15, -0.1) is 0 Å². The summed E-state index contributed by atoms with van der Waals surface area (Å²) in [7, 11) is -0.0472. The zero-order chi connectivity index (χ0) is 14.6. The van der Waals surface area contributed by atoms with Crippen molar-refractivity contribution < 1.29 is 13.2 Å². The fraction of sp³-hybridized carbons (Fsp3) is 0.571. The lowest BCUT2D eigenvalue weighted by Crippen LogP contribution is -2.36. The zero-order valence-electron chi connectivity index (χ0n) is 12.0. The van der Waals surface area contributed by atoms with Gasteiger partial charge in [-0.05, 0) is 31.5 Å². The van der Waals surface area contributed by atoms with E-state index in [1.807, 2.05) is 19.2 Å². The first kappa shape index (κ1) is 15.4. The maximum atomic E-state index is 12.9. The molecule has 0 aromatic heterocycles. The number of nitrogens with zero attached hydrogens (tertiary/aromatic N) is 1. The van der Waals surface area contributed by atoms with Crippen LogP contribution in [-0.4, -0.2) is 46.1 Å². The predicted octanol–water partition coefficient (Wildman–Crippen LogP) is 1.21. The molecule has 0 atom stereocenters. The molecule has 0 saturated heterocycles. The van der Waals surface area contributed by atoms with E-state index < -0.39 is 10.0 Å². The van der Waals surface area contributed by atoms with Gasteiger partial charge in [0.15, 0.2) is 0 Å². The second-order valence-electron chi connectivity index (χ2n) is 4.98. The number of nitrogens with one attached hydrogen (secondary N) is 1. The summed E-state index contributed by atoms with van der Waals surface area (Å²) in [5, 5.41) is 3.02. The van der Waals surface area contributed by atoms with Crippen molar-refractivity contribution in [2.45, 2.75) is 30.3 Å². The highest BCUT2D eigenvalue weighted by Crippen LogP contribution is 2.32. The second kappa shape index (κ2) is 6.67. The molecule has 0 aliphatic heterocycles. The van der Waals surface area contributed by atoms with E-state index in [0.717, 1.165) is 18.4 Å². The Balaban J connectivity index is 2.32. The minimum absolute atomic E-state index is 0.137. The van der Waals surface area contributed by atoms with Gasteiger partial charge in [0.2, 0.25) is 10.0 Å². The number of benzene rings is 1. The molecule has 0 bridgehead atoms. The molecule has 0 amide bonds. The van der Waals surface area contributed by atoms with Crippen molar-refractivity contribution in [1.29, 1.82) is 0 Å². The number of hydrogen-bond donors (Lipinski definition) is 1. The SMILES string of the molecule is CNCc1ccccc1S(=O)(=O)N(CCOC)C1CC1. The van der Waals surface area contributed by atoms with Gasteiger partial charge in [0.25, 0.3) is 0 Å². The molecule has 1 saturated carbocycles. The lowest BCUT2D eigenvalue weighted by Gasteiger charge is -2.23. The van der Waals surface area contributed by atoms with Crippen molar-refractivity contribution in [2.75, 3.05) is 27.3 Å². The van der Waals surface area contributed by atoms with E-state index in [1.165, 1.54) is 0 Å². The molecule has 0 heterocycles. The summed E-state index contributed by atoms with van der Waals surface area (Å²) in [5.74, 6) is 0. The molecule has 20 heavy (non-hydrogen) atoms. The lowest BCUT2D eigenvalue weighted by atomic mass is 10.2. The van der Waals surface area contributed by atoms with E-state index in [2.05, 4.69) is 5.32 Å². The highest BCUT2D eigenvalue weighted by atomic mass is 32.2. The van der Waals surface area contributed by atoms with Crippen molar-refractivity contribution in [2.24, 2.45) is 0 Å². The first-order valence-electron chi connectivity index (χ1n) is 6.84. The van der Waals surface area contributed by atoms with Gasteiger partial charge in [-0.1, -0.05) is 18.2 Å². The second-order valence-corrected chi connectivity index (χ2v) is 6.84. The third-order valence-electron chi connectivity index (χ3n) is 3.40. The van der Waals surface area contributed by atoms with Crippen LogP contribution < -0.4 is 5.32 Å². The van der Waals surface area contributed by atoms with Crippen LogP contribution in [0.5, 0.6) is 0 Å². The summed E-state index contributed by atoms with van der Waals surface area (Å²) >= 11 is 0. The van der Waals surface area contributed by atoms with Gasteiger partial charge < -0.3 is 10.1 Å². The van der Waals surface area contributed by atoms with Crippen LogP contribution in [0.15, 0.2) is 29.2 Å². The molecule has 1 aliphatic rings. The Morgan fingerprint density at radius 2 is 2.05 bits per heavy atom. The molecule has 112 valence electrons. The van der Waals surface area contributed by atoms with Crippen LogP contribution in [0, 0.1) is 0 Å². The first-order valence-corrected chi connectivity index (χ1v) is 8.28. The lowest BCUT2D eigenvalue weighted by molar-refractivity contribution is 0.177. The monoisotopic (exact) mass is 298 g/mol. The van der Waals surface area contributed by atoms with Crippen LogP contribution in [-0.2, 0) is 21.3 Å². The van der Waals surface area contributed by atoms with Gasteiger partial charge in [0.05, 0.1) is 11.5 Å². The van der Waals surface area contributed by atoms with Crippen molar-refractivity contribution in [1.82, 2.24) is 9.62 Å². The molecule has 0 unspecified atom stereocenters. The Labute approximate surface area is 121 Å². The van der Waals surface area contributed by atoms with Crippen LogP contribution >= 0.6 is 0 Å². The Morgan fingerprint density at radius 1 is 1.35 bits per heavy atom. The highest BCUT2D eigenvalue weighted by Gasteiger charge is 2.38. The maximum absolute atomic E-state index is 12.9. The Kier molecular flexibility index (Phi) is 5.15. The average Bonchev–Trinajstić information content (AvgIpc) is 3.24. The van der Waals surface area contributed by atoms with E-state index in [-0.39, 0.29) is 6.04 Å². The van der Waals surface area contributed by atoms with Gasteiger partial charge in [-0.3, -0.25) is 0 Å². The molecule has 0 spiro atoms. The number of ether oxygens (including phenoxy) is 1. The van der Waals surface area contributed by atoms with Gasteiger partial charge >= 0.3 is 0 Å². The van der Waals surface area contributed by atoms with Crippen LogP contribution in [0.3, 0.4) is 0 Å². The standard InChI is InChI=1S/C14H22N2O3S/c1-15-11-12-5-3-4-6-14(12)20(17,18)16(9-10-19-2)13-7-8-13/h3-6,13,15H,7-11H2,1-2H3. The maximum Gasteiger partial charge on any atom is 0.243 e. The molecule has 1 N–H and O–H groups in total. The fourth-order valence-electron chi connectivity index (χ4n) is 2.26. The van der Waals surface area contributed by atoms with E-state index in [9.17, 15) is 8.42 Å². The normalized spacial score (nSPS) is 15.8. The molecule has 1 aromatic carbocycles. The Morgan fingerprint density at radius 3 is 2.65 bits per heavy atom. The van der Waals surface area contributed by atoms with Gasteiger partial charge in [0.1, 0.15) is 0 Å². The predicted molar refractivity (Wildman–Crippen MR) is 78.0 cm³/mol. The van der Waals surface area contributed by atoms with E-state index in [1.54, 1.807) is 23.5 Å². The van der Waals surface area contributed by atoms with Crippen LogP contribution in [0.2, 0.25) is 0 Å². The molecule has 1 aromatic rings. The molecule has 5 nitrogen and oxygen atoms in total. The number of sulfonamides is 1. The molecular weight excluding hydrogens is 276 g/mol. The number of hydrogen-bond acceptors (Lipinski definition) is 4. The summed E-state index contributed by atoms with van der Waals surface area (Å²) < 4.78 is 32.3. The van der Waals surface area contributed by atoms with Crippen LogP contribution in [0.4, 0.5) is 0 Å². The molecule has 0 radical (unpaired) electrons. The summed E-state index contributed by atoms with van der Waals surface area (Å²) in [6.45, 7) is 1.37. The smallest absolute Gasteiger partial charge is 0.243 e. The third-order valence-corrected chi connectivity index (χ3v) is 5.45. The van der Waals surface area contributed by atoms with Gasteiger partial charge in [0, 0.05) is 26.2 Å². The first-order chi connectivity index (χ1) is 9.61. The third kappa shape index (κ3) is 3.38. The van der Waals surface area contributed by atoms with E-state index in [0.29, 0.717) is 24.6 Å². The van der Waals surface area contributed by atoms with Crippen molar-refractivity contribution in [3.05, 3.63) is 29.8 Å². The topological polar surface area (TPSA) is 58.6 Å². The van der Waals surface area contributed by atoms with Gasteiger partial charge in [-0.2, -0.15) is 4.31 Å². The summed E-state index contributed by atoms with van der Waals surface area (Å²) in [4.78, 5) is 0.400. The highest BCUT2D eigenvalue weighted by molar-refractivity contribution is 7.89. The average molecular weight is 298 g/mol. The van der Waals surface area contributed by atoms with E-state index in [4.69, 9.17) is 4.74 Å². The molecule has 1 aliphatic carbocycles. The molecule has 1 fully saturated rings. The quantitative estimate of drug-likeness (QED) is 0.783. The van der Waals surface area contributed by atoms with Crippen molar-refractivity contribution in [3.63, 3.8) is 0 Å². The Hall–Kier alpha value is -0.950. The summed E-state index contributed by atoms with van der Waals surface area (Å²) in [6.07, 6.45) is 1.88. The van der Waals surface area contributed by atoms with Crippen LogP contribution in [0.1, 0.15) is 18.4 Å².